The Morgan fingerprint density at radius 2 is 1.96 bits per heavy atom. The quantitative estimate of drug-likeness (QED) is 0.677. The summed E-state index contributed by atoms with van der Waals surface area (Å²) in [7, 11) is 0. The molecule has 0 spiro atoms. The van der Waals surface area contributed by atoms with Gasteiger partial charge in [-0.15, -0.1) is 0 Å². The maximum absolute atomic E-state index is 12.4. The molecule has 3 N–H and O–H groups in total. The van der Waals surface area contributed by atoms with Gasteiger partial charge in [0, 0.05) is 17.9 Å². The van der Waals surface area contributed by atoms with Gasteiger partial charge in [-0.1, -0.05) is 31.4 Å². The number of carboxylic acids is 1. The SMILES string of the molecule is O=C(O)Cc1cccc(NC(=O)c2cnn(CC(=O)NC3CCCCC3)c2)c1. The van der Waals surface area contributed by atoms with E-state index in [0.29, 0.717) is 16.8 Å². The second-order valence-corrected chi connectivity index (χ2v) is 7.05. The molecular weight excluding hydrogens is 360 g/mol. The van der Waals surface area contributed by atoms with Crippen molar-refractivity contribution in [2.75, 3.05) is 5.32 Å². The lowest BCUT2D eigenvalue weighted by molar-refractivity contribution is -0.136. The van der Waals surface area contributed by atoms with Gasteiger partial charge in [0.1, 0.15) is 6.54 Å². The maximum Gasteiger partial charge on any atom is 0.307 e. The van der Waals surface area contributed by atoms with Crippen molar-refractivity contribution in [3.8, 4) is 0 Å². The predicted octanol–water partition coefficient (Wildman–Crippen LogP) is 2.21. The van der Waals surface area contributed by atoms with Crippen molar-refractivity contribution in [2.45, 2.75) is 51.1 Å². The van der Waals surface area contributed by atoms with Gasteiger partial charge >= 0.3 is 5.97 Å². The van der Waals surface area contributed by atoms with Gasteiger partial charge in [-0.3, -0.25) is 19.1 Å². The highest BCUT2D eigenvalue weighted by Crippen LogP contribution is 2.17. The molecule has 8 heteroatoms. The Bertz CT molecular complexity index is 855. The Balaban J connectivity index is 1.55. The summed E-state index contributed by atoms with van der Waals surface area (Å²) in [5.74, 6) is -1.41. The molecule has 0 atom stereocenters. The monoisotopic (exact) mass is 384 g/mol. The van der Waals surface area contributed by atoms with Gasteiger partial charge in [-0.2, -0.15) is 5.10 Å². The molecule has 1 aliphatic carbocycles. The number of aromatic nitrogens is 2. The molecule has 0 saturated heterocycles. The van der Waals surface area contributed by atoms with E-state index in [9.17, 15) is 14.4 Å². The first-order valence-corrected chi connectivity index (χ1v) is 9.43. The number of carbonyl (C=O) groups is 3. The van der Waals surface area contributed by atoms with Gasteiger partial charge in [0.05, 0.1) is 18.2 Å². The van der Waals surface area contributed by atoms with E-state index in [1.165, 1.54) is 23.5 Å². The zero-order chi connectivity index (χ0) is 19.9. The molecule has 1 aromatic heterocycles. The van der Waals surface area contributed by atoms with Crippen LogP contribution in [0.4, 0.5) is 5.69 Å². The zero-order valence-electron chi connectivity index (χ0n) is 15.6. The predicted molar refractivity (Wildman–Crippen MR) is 103 cm³/mol. The van der Waals surface area contributed by atoms with Gasteiger partial charge in [0.2, 0.25) is 5.91 Å². The molecule has 28 heavy (non-hydrogen) atoms. The number of benzene rings is 1. The summed E-state index contributed by atoms with van der Waals surface area (Å²) < 4.78 is 1.44. The van der Waals surface area contributed by atoms with Crippen LogP contribution in [0.25, 0.3) is 0 Å². The molecule has 0 unspecified atom stereocenters. The van der Waals surface area contributed by atoms with Crippen LogP contribution in [0, 0.1) is 0 Å². The summed E-state index contributed by atoms with van der Waals surface area (Å²) in [6.45, 7) is 0.0673. The molecule has 1 heterocycles. The Labute approximate surface area is 162 Å². The minimum Gasteiger partial charge on any atom is -0.481 e. The van der Waals surface area contributed by atoms with E-state index in [4.69, 9.17) is 5.11 Å². The molecule has 1 fully saturated rings. The van der Waals surface area contributed by atoms with E-state index in [0.717, 1.165) is 25.7 Å². The minimum absolute atomic E-state index is 0.0673. The number of rotatable bonds is 7. The Morgan fingerprint density at radius 1 is 1.18 bits per heavy atom. The standard InChI is InChI=1S/C20H24N4O4/c25-18(22-16-6-2-1-3-7-16)13-24-12-15(11-21-24)20(28)23-17-8-4-5-14(9-17)10-19(26)27/h4-5,8-9,11-12,16H,1-3,6-7,10,13H2,(H,22,25)(H,23,28)(H,26,27). The largest absolute Gasteiger partial charge is 0.481 e. The van der Waals surface area contributed by atoms with Gasteiger partial charge < -0.3 is 15.7 Å². The van der Waals surface area contributed by atoms with E-state index < -0.39 is 5.97 Å². The first kappa shape index (κ1) is 19.6. The first-order chi connectivity index (χ1) is 13.5. The number of amides is 2. The van der Waals surface area contributed by atoms with Crippen molar-refractivity contribution in [2.24, 2.45) is 0 Å². The molecule has 8 nitrogen and oxygen atoms in total. The highest BCUT2D eigenvalue weighted by atomic mass is 16.4. The third kappa shape index (κ3) is 5.67. The van der Waals surface area contributed by atoms with Crippen LogP contribution in [-0.2, 0) is 22.6 Å². The number of hydrogen-bond donors (Lipinski definition) is 3. The molecule has 1 saturated carbocycles. The summed E-state index contributed by atoms with van der Waals surface area (Å²) in [6.07, 6.45) is 8.36. The summed E-state index contributed by atoms with van der Waals surface area (Å²) in [5.41, 5.74) is 1.43. The molecule has 1 aliphatic rings. The van der Waals surface area contributed by atoms with Crippen LogP contribution >= 0.6 is 0 Å². The number of hydrogen-bond acceptors (Lipinski definition) is 4. The fourth-order valence-electron chi connectivity index (χ4n) is 3.37. The van der Waals surface area contributed by atoms with Crippen molar-refractivity contribution < 1.29 is 19.5 Å². The summed E-state index contributed by atoms with van der Waals surface area (Å²) >= 11 is 0. The van der Waals surface area contributed by atoms with Gasteiger partial charge in [0.25, 0.3) is 5.91 Å². The molecule has 148 valence electrons. The van der Waals surface area contributed by atoms with Gasteiger partial charge in [0.15, 0.2) is 0 Å². The lowest BCUT2D eigenvalue weighted by atomic mass is 9.95. The maximum atomic E-state index is 12.4. The van der Waals surface area contributed by atoms with Crippen LogP contribution in [0.15, 0.2) is 36.7 Å². The lowest BCUT2D eigenvalue weighted by Gasteiger charge is -2.22. The second kappa shape index (κ2) is 9.16. The average Bonchev–Trinajstić information content (AvgIpc) is 3.11. The van der Waals surface area contributed by atoms with E-state index in [2.05, 4.69) is 15.7 Å². The third-order valence-electron chi connectivity index (χ3n) is 4.71. The van der Waals surface area contributed by atoms with Gasteiger partial charge in [-0.25, -0.2) is 0 Å². The topological polar surface area (TPSA) is 113 Å². The fourth-order valence-corrected chi connectivity index (χ4v) is 3.37. The van der Waals surface area contributed by atoms with E-state index in [-0.39, 0.29) is 30.8 Å². The molecule has 3 rings (SSSR count). The van der Waals surface area contributed by atoms with E-state index >= 15 is 0 Å². The van der Waals surface area contributed by atoms with Crippen molar-refractivity contribution in [1.29, 1.82) is 0 Å². The van der Waals surface area contributed by atoms with Crippen molar-refractivity contribution in [3.05, 3.63) is 47.8 Å². The van der Waals surface area contributed by atoms with Crippen LogP contribution in [0.5, 0.6) is 0 Å². The number of aliphatic carboxylic acids is 1. The normalized spacial score (nSPS) is 14.4. The number of carbonyl (C=O) groups excluding carboxylic acids is 2. The number of nitrogens with one attached hydrogen (secondary N) is 2. The van der Waals surface area contributed by atoms with Crippen LogP contribution in [0.1, 0.15) is 48.0 Å². The van der Waals surface area contributed by atoms with Crippen LogP contribution in [0.3, 0.4) is 0 Å². The Kier molecular flexibility index (Phi) is 6.41. The van der Waals surface area contributed by atoms with Crippen molar-refractivity contribution >= 4 is 23.5 Å². The van der Waals surface area contributed by atoms with E-state index in [1.54, 1.807) is 24.3 Å². The van der Waals surface area contributed by atoms with Gasteiger partial charge in [-0.05, 0) is 30.5 Å². The summed E-state index contributed by atoms with van der Waals surface area (Å²) in [6, 6.07) is 6.91. The summed E-state index contributed by atoms with van der Waals surface area (Å²) in [5, 5.41) is 18.7. The first-order valence-electron chi connectivity index (χ1n) is 9.43. The number of anilines is 1. The fraction of sp³-hybridized carbons (Fsp3) is 0.400. The molecular formula is C20H24N4O4. The average molecular weight is 384 g/mol. The summed E-state index contributed by atoms with van der Waals surface area (Å²) in [4.78, 5) is 35.3. The van der Waals surface area contributed by atoms with Crippen LogP contribution < -0.4 is 10.6 Å². The third-order valence-corrected chi connectivity index (χ3v) is 4.71. The Hall–Kier alpha value is -3.16. The molecule has 0 bridgehead atoms. The lowest BCUT2D eigenvalue weighted by Crippen LogP contribution is -2.38. The molecule has 2 aromatic rings. The van der Waals surface area contributed by atoms with Crippen LogP contribution in [-0.4, -0.2) is 38.7 Å². The zero-order valence-corrected chi connectivity index (χ0v) is 15.6. The van der Waals surface area contributed by atoms with Crippen LogP contribution in [0.2, 0.25) is 0 Å². The molecule has 2 amide bonds. The highest BCUT2D eigenvalue weighted by molar-refractivity contribution is 6.04. The highest BCUT2D eigenvalue weighted by Gasteiger charge is 2.17. The molecule has 1 aromatic carbocycles. The smallest absolute Gasteiger partial charge is 0.307 e. The molecule has 0 radical (unpaired) electrons. The van der Waals surface area contributed by atoms with Crippen molar-refractivity contribution in [3.63, 3.8) is 0 Å². The van der Waals surface area contributed by atoms with E-state index in [1.807, 2.05) is 0 Å². The minimum atomic E-state index is -0.934. The second-order valence-electron chi connectivity index (χ2n) is 7.05. The molecule has 0 aliphatic heterocycles. The number of nitrogens with zero attached hydrogens (tertiary/aromatic N) is 2. The Morgan fingerprint density at radius 3 is 2.71 bits per heavy atom. The number of carboxylic acid groups (broad SMARTS) is 1. The van der Waals surface area contributed by atoms with Crippen molar-refractivity contribution in [1.82, 2.24) is 15.1 Å².